The highest BCUT2D eigenvalue weighted by Crippen LogP contribution is 2.61. The van der Waals surface area contributed by atoms with Crippen LogP contribution in [-0.2, 0) is 0 Å². The van der Waals surface area contributed by atoms with E-state index in [9.17, 15) is 0 Å². The Morgan fingerprint density at radius 1 is 1.15 bits per heavy atom. The van der Waals surface area contributed by atoms with E-state index >= 15 is 0 Å². The highest BCUT2D eigenvalue weighted by atomic mass is 32.2. The molecule has 0 aromatic carbocycles. The van der Waals surface area contributed by atoms with Crippen molar-refractivity contribution in [1.29, 1.82) is 0 Å². The van der Waals surface area contributed by atoms with Gasteiger partial charge in [-0.3, -0.25) is 4.99 Å². The number of hydrogen-bond acceptors (Lipinski definition) is 3. The van der Waals surface area contributed by atoms with E-state index in [0.29, 0.717) is 11.5 Å². The highest BCUT2D eigenvalue weighted by molar-refractivity contribution is 8.13. The van der Waals surface area contributed by atoms with Crippen LogP contribution in [0.3, 0.4) is 0 Å². The number of nitrogens with zero attached hydrogens (tertiary/aromatic N) is 1. The molecule has 1 aliphatic heterocycles. The molecule has 4 saturated carbocycles. The van der Waals surface area contributed by atoms with Crippen molar-refractivity contribution in [3.8, 4) is 0 Å². The van der Waals surface area contributed by atoms with Gasteiger partial charge in [0.2, 0.25) is 0 Å². The molecule has 1 heterocycles. The fraction of sp³-hybridized carbons (Fsp3) is 0.941. The van der Waals surface area contributed by atoms with Crippen molar-refractivity contribution in [1.82, 2.24) is 5.32 Å². The van der Waals surface area contributed by atoms with Gasteiger partial charge in [-0.05, 0) is 74.5 Å². The first kappa shape index (κ1) is 13.5. The summed E-state index contributed by atoms with van der Waals surface area (Å²) in [6, 6.07) is 0.621. The second kappa shape index (κ2) is 4.93. The van der Waals surface area contributed by atoms with Crippen molar-refractivity contribution < 1.29 is 0 Å². The van der Waals surface area contributed by atoms with E-state index < -0.39 is 0 Å². The summed E-state index contributed by atoms with van der Waals surface area (Å²) in [5.41, 5.74) is 0.598. The average Bonchev–Trinajstić information content (AvgIpc) is 2.40. The van der Waals surface area contributed by atoms with Gasteiger partial charge in [-0.2, -0.15) is 0 Å². The number of thioether (sulfide) groups is 1. The van der Waals surface area contributed by atoms with Crippen LogP contribution in [0, 0.1) is 29.1 Å². The van der Waals surface area contributed by atoms with E-state index in [1.54, 1.807) is 0 Å². The summed E-state index contributed by atoms with van der Waals surface area (Å²) < 4.78 is 0. The summed E-state index contributed by atoms with van der Waals surface area (Å²) in [5.74, 6) is 5.13. The minimum Gasteiger partial charge on any atom is -0.362 e. The predicted molar refractivity (Wildman–Crippen MR) is 87.1 cm³/mol. The van der Waals surface area contributed by atoms with Gasteiger partial charge in [0.25, 0.3) is 0 Å². The molecule has 2 atom stereocenters. The van der Waals surface area contributed by atoms with E-state index in [1.165, 1.54) is 49.4 Å². The molecule has 2 unspecified atom stereocenters. The van der Waals surface area contributed by atoms with Crippen LogP contribution in [0.25, 0.3) is 0 Å². The Labute approximate surface area is 127 Å². The average molecular weight is 292 g/mol. The Kier molecular flexibility index (Phi) is 3.32. The zero-order chi connectivity index (χ0) is 13.7. The SMILES string of the molecule is CC1CN=C(NC(C)C23CC4CC(CC(C4)C2)C3)SC1. The molecule has 0 aromatic rings. The molecule has 5 rings (SSSR count). The van der Waals surface area contributed by atoms with Gasteiger partial charge in [0.15, 0.2) is 5.17 Å². The van der Waals surface area contributed by atoms with E-state index in [0.717, 1.165) is 30.2 Å². The fourth-order valence-corrected chi connectivity index (χ4v) is 6.67. The predicted octanol–water partition coefficient (Wildman–Crippen LogP) is 3.92. The van der Waals surface area contributed by atoms with Crippen molar-refractivity contribution in [2.24, 2.45) is 34.1 Å². The molecule has 4 aliphatic carbocycles. The lowest BCUT2D eigenvalue weighted by Gasteiger charge is -2.59. The minimum atomic E-state index is 0.598. The van der Waals surface area contributed by atoms with Gasteiger partial charge in [0.1, 0.15) is 0 Å². The Morgan fingerprint density at radius 3 is 2.25 bits per heavy atom. The Hall–Kier alpha value is -0.180. The number of hydrogen-bond donors (Lipinski definition) is 1. The molecule has 3 heteroatoms. The molecule has 0 amide bonds. The fourth-order valence-electron chi connectivity index (χ4n) is 5.69. The summed E-state index contributed by atoms with van der Waals surface area (Å²) in [5, 5.41) is 5.04. The molecule has 20 heavy (non-hydrogen) atoms. The van der Waals surface area contributed by atoms with Gasteiger partial charge in [0, 0.05) is 18.3 Å². The van der Waals surface area contributed by atoms with Crippen LogP contribution >= 0.6 is 11.8 Å². The third-order valence-electron chi connectivity index (χ3n) is 6.40. The zero-order valence-corrected chi connectivity index (χ0v) is 13.7. The summed E-state index contributed by atoms with van der Waals surface area (Å²) in [7, 11) is 0. The number of aliphatic imine (C=N–C) groups is 1. The molecule has 4 bridgehead atoms. The topological polar surface area (TPSA) is 24.4 Å². The quantitative estimate of drug-likeness (QED) is 0.834. The lowest BCUT2D eigenvalue weighted by atomic mass is 9.48. The van der Waals surface area contributed by atoms with Crippen LogP contribution in [0.2, 0.25) is 0 Å². The van der Waals surface area contributed by atoms with Crippen LogP contribution in [0.15, 0.2) is 4.99 Å². The largest absolute Gasteiger partial charge is 0.362 e. The summed E-state index contributed by atoms with van der Waals surface area (Å²) >= 11 is 1.94. The maximum Gasteiger partial charge on any atom is 0.156 e. The Morgan fingerprint density at radius 2 is 1.75 bits per heavy atom. The number of rotatable bonds is 2. The Bertz CT molecular complexity index is 382. The second-order valence-corrected chi connectivity index (χ2v) is 9.22. The van der Waals surface area contributed by atoms with Crippen molar-refractivity contribution in [3.63, 3.8) is 0 Å². The summed E-state index contributed by atoms with van der Waals surface area (Å²) in [4.78, 5) is 4.75. The van der Waals surface area contributed by atoms with Gasteiger partial charge in [0.05, 0.1) is 0 Å². The first-order valence-corrected chi connectivity index (χ1v) is 9.55. The van der Waals surface area contributed by atoms with Gasteiger partial charge in [-0.1, -0.05) is 18.7 Å². The first-order chi connectivity index (χ1) is 9.63. The van der Waals surface area contributed by atoms with E-state index in [4.69, 9.17) is 4.99 Å². The molecule has 0 saturated heterocycles. The highest BCUT2D eigenvalue weighted by Gasteiger charge is 2.53. The molecule has 0 aromatic heterocycles. The van der Waals surface area contributed by atoms with Gasteiger partial charge >= 0.3 is 0 Å². The third kappa shape index (κ3) is 2.30. The van der Waals surface area contributed by atoms with Crippen LogP contribution in [-0.4, -0.2) is 23.5 Å². The maximum atomic E-state index is 4.75. The van der Waals surface area contributed by atoms with Crippen molar-refractivity contribution in [3.05, 3.63) is 0 Å². The monoisotopic (exact) mass is 292 g/mol. The molecule has 2 nitrogen and oxygen atoms in total. The zero-order valence-electron chi connectivity index (χ0n) is 12.9. The third-order valence-corrected chi connectivity index (χ3v) is 7.65. The Balaban J connectivity index is 1.47. The number of nitrogens with one attached hydrogen (secondary N) is 1. The molecule has 0 radical (unpaired) electrons. The van der Waals surface area contributed by atoms with E-state index in [1.807, 2.05) is 11.8 Å². The molecule has 0 spiro atoms. The normalized spacial score (nSPS) is 48.0. The lowest BCUT2D eigenvalue weighted by Crippen LogP contribution is -2.55. The summed E-state index contributed by atoms with van der Waals surface area (Å²) in [6.45, 7) is 5.76. The van der Waals surface area contributed by atoms with Gasteiger partial charge in [-0.15, -0.1) is 0 Å². The van der Waals surface area contributed by atoms with E-state index in [-0.39, 0.29) is 0 Å². The van der Waals surface area contributed by atoms with Gasteiger partial charge < -0.3 is 5.32 Å². The second-order valence-electron chi connectivity index (χ2n) is 8.21. The summed E-state index contributed by atoms with van der Waals surface area (Å²) in [6.07, 6.45) is 9.09. The van der Waals surface area contributed by atoms with Crippen molar-refractivity contribution in [2.45, 2.75) is 58.4 Å². The standard InChI is InChI=1S/C17H28N2S/c1-11-9-18-16(20-10-11)19-12(2)17-6-13-3-14(7-17)5-15(4-13)8-17/h11-15H,3-10H2,1-2H3,(H,18,19). The van der Waals surface area contributed by atoms with Gasteiger partial charge in [-0.25, -0.2) is 0 Å². The van der Waals surface area contributed by atoms with Crippen LogP contribution in [0.5, 0.6) is 0 Å². The van der Waals surface area contributed by atoms with Crippen molar-refractivity contribution in [2.75, 3.05) is 12.3 Å². The number of amidine groups is 1. The van der Waals surface area contributed by atoms with Crippen LogP contribution in [0.4, 0.5) is 0 Å². The molecule has 5 aliphatic rings. The molecular weight excluding hydrogens is 264 g/mol. The van der Waals surface area contributed by atoms with Crippen LogP contribution in [0.1, 0.15) is 52.4 Å². The first-order valence-electron chi connectivity index (χ1n) is 8.57. The van der Waals surface area contributed by atoms with Crippen LogP contribution < -0.4 is 5.32 Å². The molecule has 1 N–H and O–H groups in total. The van der Waals surface area contributed by atoms with E-state index in [2.05, 4.69) is 19.2 Å². The maximum absolute atomic E-state index is 4.75. The molecule has 4 fully saturated rings. The molecular formula is C17H28N2S. The van der Waals surface area contributed by atoms with Crippen molar-refractivity contribution >= 4 is 16.9 Å². The smallest absolute Gasteiger partial charge is 0.156 e. The minimum absolute atomic E-state index is 0.598. The lowest BCUT2D eigenvalue weighted by molar-refractivity contribution is -0.0671. The molecule has 112 valence electrons.